The van der Waals surface area contributed by atoms with Crippen molar-refractivity contribution >= 4 is 64.3 Å². The van der Waals surface area contributed by atoms with Gasteiger partial charge in [0.05, 0.1) is 18.8 Å². The standard InChI is InChI=1S/C29H27Cl2N5O5/c1-16(37)20-11-9-18(30)14-17(20)8-13-25(39)33-22-6-4-3-5-7-24(38)34-23-15-19(32-29(40)41-2)10-12-21(23)26-27(31)36-28(22)35-26/h3-4,8-15,22H,5-7H2,1-2H3,(H,32,40)(H,33,39)(H,34,38)(H,35,36). The van der Waals surface area contributed by atoms with Crippen LogP contribution in [-0.2, 0) is 14.3 Å². The Morgan fingerprint density at radius 3 is 2.68 bits per heavy atom. The molecule has 0 saturated heterocycles. The highest BCUT2D eigenvalue weighted by Crippen LogP contribution is 2.35. The Balaban J connectivity index is 1.65. The van der Waals surface area contributed by atoms with E-state index in [0.29, 0.717) is 57.4 Å². The quantitative estimate of drug-likeness (QED) is 0.154. The number of halogens is 2. The van der Waals surface area contributed by atoms with Gasteiger partial charge in [0.25, 0.3) is 0 Å². The summed E-state index contributed by atoms with van der Waals surface area (Å²) < 4.78 is 4.65. The van der Waals surface area contributed by atoms with Crippen molar-refractivity contribution in [1.82, 2.24) is 15.3 Å². The Labute approximate surface area is 246 Å². The lowest BCUT2D eigenvalue weighted by atomic mass is 10.0. The van der Waals surface area contributed by atoms with Gasteiger partial charge in [0.15, 0.2) is 5.78 Å². The van der Waals surface area contributed by atoms with Gasteiger partial charge in [0, 0.05) is 34.3 Å². The number of carbonyl (C=O) groups is 4. The number of fused-ring (bicyclic) bond motifs is 4. The highest BCUT2D eigenvalue weighted by molar-refractivity contribution is 6.32. The van der Waals surface area contributed by atoms with Crippen molar-refractivity contribution in [3.63, 3.8) is 0 Å². The number of amides is 3. The molecule has 0 saturated carbocycles. The van der Waals surface area contributed by atoms with Crippen molar-refractivity contribution in [3.8, 4) is 11.3 Å². The van der Waals surface area contributed by atoms with Gasteiger partial charge in [0.1, 0.15) is 16.7 Å². The van der Waals surface area contributed by atoms with Crippen LogP contribution < -0.4 is 16.0 Å². The maximum atomic E-state index is 13.0. The topological polar surface area (TPSA) is 142 Å². The monoisotopic (exact) mass is 595 g/mol. The van der Waals surface area contributed by atoms with E-state index in [2.05, 4.69) is 30.7 Å². The van der Waals surface area contributed by atoms with Crippen LogP contribution in [0.3, 0.4) is 0 Å². The van der Waals surface area contributed by atoms with Gasteiger partial charge >= 0.3 is 6.09 Å². The first kappa shape index (κ1) is 29.6. The summed E-state index contributed by atoms with van der Waals surface area (Å²) in [6.07, 6.45) is 6.94. The van der Waals surface area contributed by atoms with Crippen LogP contribution in [0.25, 0.3) is 17.3 Å². The smallest absolute Gasteiger partial charge is 0.411 e. The lowest BCUT2D eigenvalue weighted by molar-refractivity contribution is -0.117. The highest BCUT2D eigenvalue weighted by atomic mass is 35.5. The molecule has 1 aromatic heterocycles. The number of imidazole rings is 1. The van der Waals surface area contributed by atoms with Crippen LogP contribution in [-0.4, -0.2) is 40.8 Å². The van der Waals surface area contributed by atoms with Crippen molar-refractivity contribution in [1.29, 1.82) is 0 Å². The summed E-state index contributed by atoms with van der Waals surface area (Å²) in [6.45, 7) is 1.44. The summed E-state index contributed by atoms with van der Waals surface area (Å²) >= 11 is 12.6. The van der Waals surface area contributed by atoms with Crippen LogP contribution in [0.2, 0.25) is 10.2 Å². The number of aromatic amines is 1. The molecule has 4 rings (SSSR count). The molecule has 3 aromatic rings. The third kappa shape index (κ3) is 7.62. The molecule has 41 heavy (non-hydrogen) atoms. The lowest BCUT2D eigenvalue weighted by Gasteiger charge is -2.14. The summed E-state index contributed by atoms with van der Waals surface area (Å²) in [7, 11) is 1.25. The molecule has 2 heterocycles. The Morgan fingerprint density at radius 2 is 1.93 bits per heavy atom. The predicted octanol–water partition coefficient (Wildman–Crippen LogP) is 6.31. The van der Waals surface area contributed by atoms with E-state index in [9.17, 15) is 19.2 Å². The van der Waals surface area contributed by atoms with E-state index in [1.165, 1.54) is 26.2 Å². The molecule has 12 heteroatoms. The molecule has 3 amide bonds. The molecule has 0 aliphatic carbocycles. The maximum Gasteiger partial charge on any atom is 0.411 e. The molecule has 1 aliphatic heterocycles. The number of nitrogens with one attached hydrogen (secondary N) is 4. The van der Waals surface area contributed by atoms with Crippen LogP contribution in [0.1, 0.15) is 54.0 Å². The number of hydrogen-bond acceptors (Lipinski definition) is 6. The molecule has 0 spiro atoms. The van der Waals surface area contributed by atoms with E-state index in [0.717, 1.165) is 0 Å². The second-order valence-electron chi connectivity index (χ2n) is 9.14. The van der Waals surface area contributed by atoms with E-state index in [4.69, 9.17) is 23.2 Å². The van der Waals surface area contributed by atoms with Crippen LogP contribution in [0, 0.1) is 0 Å². The SMILES string of the molecule is COC(=O)Nc1ccc2c(c1)NC(=O)CCC=CCC(NC(=O)C=Cc1cc(Cl)ccc1C(C)=O)c1nc-2c(Cl)[nH]1. The number of benzene rings is 2. The third-order valence-electron chi connectivity index (χ3n) is 6.19. The number of methoxy groups -OCH3 is 1. The first-order valence-electron chi connectivity index (χ1n) is 12.6. The summed E-state index contributed by atoms with van der Waals surface area (Å²) in [5, 5.41) is 8.99. The van der Waals surface area contributed by atoms with Gasteiger partial charge in [-0.3, -0.25) is 19.7 Å². The largest absolute Gasteiger partial charge is 0.453 e. The van der Waals surface area contributed by atoms with Crippen molar-refractivity contribution in [2.45, 2.75) is 32.2 Å². The van der Waals surface area contributed by atoms with E-state index >= 15 is 0 Å². The van der Waals surface area contributed by atoms with Gasteiger partial charge in [0.2, 0.25) is 11.8 Å². The summed E-state index contributed by atoms with van der Waals surface area (Å²) in [6, 6.07) is 9.13. The van der Waals surface area contributed by atoms with Crippen LogP contribution >= 0.6 is 23.2 Å². The van der Waals surface area contributed by atoms with Crippen molar-refractivity contribution < 1.29 is 23.9 Å². The third-order valence-corrected chi connectivity index (χ3v) is 6.70. The van der Waals surface area contributed by atoms with Gasteiger partial charge in [-0.2, -0.15) is 0 Å². The number of H-pyrrole nitrogens is 1. The number of ketones is 1. The summed E-state index contributed by atoms with van der Waals surface area (Å²) in [4.78, 5) is 57.0. The fourth-order valence-electron chi connectivity index (χ4n) is 4.21. The zero-order chi connectivity index (χ0) is 29.5. The van der Waals surface area contributed by atoms with Crippen molar-refractivity contribution in [3.05, 3.63) is 81.8 Å². The molecular formula is C29H27Cl2N5O5. The molecule has 10 nitrogen and oxygen atoms in total. The number of allylic oxidation sites excluding steroid dienone is 1. The normalized spacial score (nSPS) is 15.1. The number of hydrogen-bond donors (Lipinski definition) is 4. The number of aromatic nitrogens is 2. The predicted molar refractivity (Wildman–Crippen MR) is 158 cm³/mol. The average Bonchev–Trinajstić information content (AvgIpc) is 3.31. The molecule has 1 atom stereocenters. The van der Waals surface area contributed by atoms with Crippen LogP contribution in [0.4, 0.5) is 16.2 Å². The molecular weight excluding hydrogens is 569 g/mol. The second-order valence-corrected chi connectivity index (χ2v) is 9.95. The van der Waals surface area contributed by atoms with E-state index < -0.39 is 18.0 Å². The Hall–Kier alpha value is -4.41. The minimum absolute atomic E-state index is 0.152. The van der Waals surface area contributed by atoms with Gasteiger partial charge < -0.3 is 20.4 Å². The number of carbonyl (C=O) groups excluding carboxylic acids is 4. The van der Waals surface area contributed by atoms with Crippen LogP contribution in [0.15, 0.2) is 54.6 Å². The number of rotatable bonds is 5. The fraction of sp³-hybridized carbons (Fsp3) is 0.207. The molecule has 0 radical (unpaired) electrons. The lowest BCUT2D eigenvalue weighted by Crippen LogP contribution is -2.27. The molecule has 4 N–H and O–H groups in total. The van der Waals surface area contributed by atoms with E-state index in [-0.39, 0.29) is 23.3 Å². The minimum Gasteiger partial charge on any atom is -0.453 e. The Morgan fingerprint density at radius 1 is 1.12 bits per heavy atom. The summed E-state index contributed by atoms with van der Waals surface area (Å²) in [5.41, 5.74) is 2.61. The maximum absolute atomic E-state index is 13.0. The van der Waals surface area contributed by atoms with Crippen LogP contribution in [0.5, 0.6) is 0 Å². The van der Waals surface area contributed by atoms with Crippen molar-refractivity contribution in [2.24, 2.45) is 0 Å². The molecule has 2 aromatic carbocycles. The number of Topliss-reactive ketones (excluding diaryl/α,β-unsaturated/α-hetero) is 1. The molecule has 0 fully saturated rings. The minimum atomic E-state index is -0.661. The fourth-order valence-corrected chi connectivity index (χ4v) is 4.63. The second kappa shape index (κ2) is 13.3. The van der Waals surface area contributed by atoms with Gasteiger partial charge in [-0.1, -0.05) is 35.4 Å². The number of ether oxygens (including phenoxy) is 1. The van der Waals surface area contributed by atoms with Gasteiger partial charge in [-0.05, 0) is 67.8 Å². The van der Waals surface area contributed by atoms with Crippen molar-refractivity contribution in [2.75, 3.05) is 17.7 Å². The molecule has 2 bridgehead atoms. The number of anilines is 2. The first-order chi connectivity index (χ1) is 19.6. The van der Waals surface area contributed by atoms with Gasteiger partial charge in [-0.15, -0.1) is 0 Å². The Bertz CT molecular complexity index is 1560. The molecule has 212 valence electrons. The van der Waals surface area contributed by atoms with E-state index in [1.807, 2.05) is 12.2 Å². The van der Waals surface area contributed by atoms with Gasteiger partial charge in [-0.25, -0.2) is 9.78 Å². The highest BCUT2D eigenvalue weighted by Gasteiger charge is 2.22. The average molecular weight is 596 g/mol. The Kier molecular flexibility index (Phi) is 9.59. The number of nitrogens with zero attached hydrogens (tertiary/aromatic N) is 1. The zero-order valence-electron chi connectivity index (χ0n) is 22.2. The summed E-state index contributed by atoms with van der Waals surface area (Å²) in [5.74, 6) is -0.414. The zero-order valence-corrected chi connectivity index (χ0v) is 23.7. The molecule has 1 aliphatic rings. The first-order valence-corrected chi connectivity index (χ1v) is 13.4. The molecule has 1 unspecified atom stereocenters. The van der Waals surface area contributed by atoms with E-state index in [1.54, 1.807) is 36.4 Å².